The van der Waals surface area contributed by atoms with Gasteiger partial charge in [-0.2, -0.15) is 5.10 Å². The topological polar surface area (TPSA) is 102 Å². The Labute approximate surface area is 171 Å². The zero-order valence-corrected chi connectivity index (χ0v) is 16.5. The Morgan fingerprint density at radius 1 is 0.933 bits per heavy atom. The lowest BCUT2D eigenvalue weighted by molar-refractivity contribution is 0.514. The van der Waals surface area contributed by atoms with Crippen LogP contribution in [-0.4, -0.2) is 23.6 Å². The summed E-state index contributed by atoms with van der Waals surface area (Å²) < 4.78 is 53.4. The highest BCUT2D eigenvalue weighted by molar-refractivity contribution is 7.89. The van der Waals surface area contributed by atoms with Gasteiger partial charge in [-0.15, -0.1) is 0 Å². The molecular weight excluding hydrogens is 410 g/mol. The number of primary sulfonamides is 1. The monoisotopic (exact) mass is 426 g/mol. The summed E-state index contributed by atoms with van der Waals surface area (Å²) in [4.78, 5) is 3.77. The van der Waals surface area contributed by atoms with Crippen molar-refractivity contribution < 1.29 is 17.2 Å². The molecule has 0 fully saturated rings. The molecule has 0 saturated carbocycles. The van der Waals surface area contributed by atoms with Crippen LogP contribution in [0, 0.1) is 18.6 Å². The Bertz CT molecular complexity index is 1350. The maximum atomic E-state index is 15.1. The highest BCUT2D eigenvalue weighted by Gasteiger charge is 2.22. The third-order valence-electron chi connectivity index (χ3n) is 4.73. The van der Waals surface area contributed by atoms with E-state index in [-0.39, 0.29) is 21.6 Å². The van der Waals surface area contributed by atoms with Gasteiger partial charge in [0.05, 0.1) is 4.90 Å². The summed E-state index contributed by atoms with van der Waals surface area (Å²) in [7, 11) is -3.98. The molecule has 0 atom stereocenters. The van der Waals surface area contributed by atoms with Crippen LogP contribution in [0.15, 0.2) is 65.8 Å². The maximum absolute atomic E-state index is 15.1. The molecule has 152 valence electrons. The summed E-state index contributed by atoms with van der Waals surface area (Å²) in [6, 6.07) is 11.7. The van der Waals surface area contributed by atoms with Crippen LogP contribution in [0.2, 0.25) is 0 Å². The molecule has 4 rings (SSSR count). The Morgan fingerprint density at radius 3 is 2.30 bits per heavy atom. The van der Waals surface area contributed by atoms with Gasteiger partial charge in [0.25, 0.3) is 0 Å². The van der Waals surface area contributed by atoms with Gasteiger partial charge in [0, 0.05) is 40.3 Å². The predicted octanol–water partition coefficient (Wildman–Crippen LogP) is 4.04. The summed E-state index contributed by atoms with van der Waals surface area (Å²) >= 11 is 0. The Balaban J connectivity index is 1.86. The van der Waals surface area contributed by atoms with Crippen molar-refractivity contribution in [1.82, 2.24) is 15.2 Å². The molecule has 2 aromatic heterocycles. The van der Waals surface area contributed by atoms with Crippen LogP contribution in [0.1, 0.15) is 5.69 Å². The molecule has 0 radical (unpaired) electrons. The van der Waals surface area contributed by atoms with Crippen molar-refractivity contribution in [2.45, 2.75) is 11.8 Å². The van der Waals surface area contributed by atoms with Gasteiger partial charge in [0.2, 0.25) is 10.0 Å². The number of aryl methyl sites for hydroxylation is 1. The lowest BCUT2D eigenvalue weighted by Crippen LogP contribution is -2.12. The molecule has 3 N–H and O–H groups in total. The summed E-state index contributed by atoms with van der Waals surface area (Å²) in [5.41, 5.74) is 2.34. The van der Waals surface area contributed by atoms with E-state index in [1.54, 1.807) is 31.5 Å². The zero-order valence-electron chi connectivity index (χ0n) is 15.7. The number of rotatable bonds is 4. The molecule has 0 unspecified atom stereocenters. The minimum atomic E-state index is -3.98. The minimum absolute atomic E-state index is 0.0388. The van der Waals surface area contributed by atoms with Crippen LogP contribution in [0.3, 0.4) is 0 Å². The highest BCUT2D eigenvalue weighted by Crippen LogP contribution is 2.37. The summed E-state index contributed by atoms with van der Waals surface area (Å²) in [5, 5.41) is 12.2. The summed E-state index contributed by atoms with van der Waals surface area (Å²) in [6.45, 7) is 1.72. The molecule has 6 nitrogen and oxygen atoms in total. The number of hydrogen-bond acceptors (Lipinski definition) is 4. The average molecular weight is 426 g/mol. The van der Waals surface area contributed by atoms with Crippen LogP contribution in [0.25, 0.3) is 33.5 Å². The minimum Gasteiger partial charge on any atom is -0.282 e. The van der Waals surface area contributed by atoms with Crippen molar-refractivity contribution in [2.75, 3.05) is 0 Å². The van der Waals surface area contributed by atoms with Gasteiger partial charge in [-0.05, 0) is 36.8 Å². The number of aromatic amines is 1. The molecular formula is C21H16F2N4O2S. The molecule has 30 heavy (non-hydrogen) atoms. The number of hydrogen-bond donors (Lipinski definition) is 2. The van der Waals surface area contributed by atoms with E-state index in [0.717, 1.165) is 0 Å². The van der Waals surface area contributed by atoms with Crippen LogP contribution in [0.4, 0.5) is 8.78 Å². The van der Waals surface area contributed by atoms with E-state index >= 15 is 8.78 Å². The third-order valence-corrected chi connectivity index (χ3v) is 5.64. The molecule has 4 aromatic rings. The lowest BCUT2D eigenvalue weighted by atomic mass is 9.96. The third kappa shape index (κ3) is 3.49. The second-order valence-corrected chi connectivity index (χ2v) is 8.23. The van der Waals surface area contributed by atoms with Crippen molar-refractivity contribution in [3.8, 4) is 33.5 Å². The quantitative estimate of drug-likeness (QED) is 0.514. The number of sulfonamides is 1. The van der Waals surface area contributed by atoms with Gasteiger partial charge in [-0.3, -0.25) is 10.1 Å². The first-order valence-corrected chi connectivity index (χ1v) is 10.4. The number of aromatic nitrogens is 3. The first-order valence-electron chi connectivity index (χ1n) is 8.84. The van der Waals surface area contributed by atoms with Gasteiger partial charge in [-0.25, -0.2) is 22.3 Å². The van der Waals surface area contributed by atoms with E-state index in [2.05, 4.69) is 15.2 Å². The molecule has 2 heterocycles. The van der Waals surface area contributed by atoms with Gasteiger partial charge >= 0.3 is 0 Å². The predicted molar refractivity (Wildman–Crippen MR) is 109 cm³/mol. The molecule has 0 bridgehead atoms. The number of benzene rings is 2. The molecule has 0 aliphatic heterocycles. The van der Waals surface area contributed by atoms with Crippen LogP contribution in [-0.2, 0) is 10.0 Å². The zero-order chi connectivity index (χ0) is 21.5. The number of nitrogens with two attached hydrogens (primary N) is 1. The van der Waals surface area contributed by atoms with Crippen molar-refractivity contribution >= 4 is 10.0 Å². The van der Waals surface area contributed by atoms with Crippen molar-refractivity contribution in [2.24, 2.45) is 5.14 Å². The maximum Gasteiger partial charge on any atom is 0.238 e. The number of pyridine rings is 1. The molecule has 0 spiro atoms. The Kier molecular flexibility index (Phi) is 4.92. The molecule has 2 aromatic carbocycles. The second-order valence-electron chi connectivity index (χ2n) is 6.67. The number of nitrogens with one attached hydrogen (secondary N) is 1. The van der Waals surface area contributed by atoms with E-state index in [9.17, 15) is 8.42 Å². The normalized spacial score (nSPS) is 11.6. The van der Waals surface area contributed by atoms with Crippen molar-refractivity contribution in [3.63, 3.8) is 0 Å². The SMILES string of the molecule is Cc1[nH]nc(-c2ccncc2)c1-c1ccc(-c2cccc(S(N)(=O)=O)c2)c(F)c1F. The van der Waals surface area contributed by atoms with E-state index in [0.29, 0.717) is 22.5 Å². The lowest BCUT2D eigenvalue weighted by Gasteiger charge is -2.11. The average Bonchev–Trinajstić information content (AvgIpc) is 3.11. The van der Waals surface area contributed by atoms with E-state index in [1.807, 2.05) is 0 Å². The summed E-state index contributed by atoms with van der Waals surface area (Å²) in [5.74, 6) is -2.16. The smallest absolute Gasteiger partial charge is 0.238 e. The molecule has 0 aliphatic rings. The second kappa shape index (κ2) is 7.43. The van der Waals surface area contributed by atoms with E-state index in [1.165, 1.54) is 36.4 Å². The van der Waals surface area contributed by atoms with Gasteiger partial charge in [-0.1, -0.05) is 24.3 Å². The fraction of sp³-hybridized carbons (Fsp3) is 0.0476. The molecule has 0 amide bonds. The molecule has 0 saturated heterocycles. The number of nitrogens with zero attached hydrogens (tertiary/aromatic N) is 2. The van der Waals surface area contributed by atoms with Gasteiger partial charge < -0.3 is 0 Å². The Morgan fingerprint density at radius 2 is 1.60 bits per heavy atom. The van der Waals surface area contributed by atoms with Gasteiger partial charge in [0.15, 0.2) is 11.6 Å². The largest absolute Gasteiger partial charge is 0.282 e. The molecule has 0 aliphatic carbocycles. The van der Waals surface area contributed by atoms with Crippen molar-refractivity contribution in [1.29, 1.82) is 0 Å². The van der Waals surface area contributed by atoms with Crippen LogP contribution >= 0.6 is 0 Å². The first-order chi connectivity index (χ1) is 14.3. The first kappa shape index (κ1) is 19.9. The Hall–Kier alpha value is -3.43. The van der Waals surface area contributed by atoms with Gasteiger partial charge in [0.1, 0.15) is 5.69 Å². The fourth-order valence-corrected chi connectivity index (χ4v) is 3.84. The standard InChI is InChI=1S/C21H16F2N4O2S/c1-12-18(21(27-26-12)13-7-9-25-10-8-13)17-6-5-16(19(22)20(17)23)14-3-2-4-15(11-14)30(24,28)29/h2-11H,1H3,(H,26,27)(H2,24,28,29). The van der Waals surface area contributed by atoms with E-state index < -0.39 is 21.7 Å². The van der Waals surface area contributed by atoms with E-state index in [4.69, 9.17) is 5.14 Å². The van der Waals surface area contributed by atoms with Crippen LogP contribution < -0.4 is 5.14 Å². The van der Waals surface area contributed by atoms with Crippen LogP contribution in [0.5, 0.6) is 0 Å². The highest BCUT2D eigenvalue weighted by atomic mass is 32.2. The number of halogens is 2. The van der Waals surface area contributed by atoms with Crippen molar-refractivity contribution in [3.05, 3.63) is 78.3 Å². The fourth-order valence-electron chi connectivity index (χ4n) is 3.28. The summed E-state index contributed by atoms with van der Waals surface area (Å²) in [6.07, 6.45) is 3.17. The molecule has 9 heteroatoms. The number of H-pyrrole nitrogens is 1.